The number of carbonyl (C=O) groups excluding carboxylic acids is 1. The Kier molecular flexibility index (Phi) is 6.08. The lowest BCUT2D eigenvalue weighted by Gasteiger charge is -2.27. The van der Waals surface area contributed by atoms with Crippen LogP contribution >= 0.6 is 24.0 Å². The zero-order chi connectivity index (χ0) is 20.1. The van der Waals surface area contributed by atoms with Crippen LogP contribution < -0.4 is 10.6 Å². The van der Waals surface area contributed by atoms with Gasteiger partial charge in [0.1, 0.15) is 4.99 Å². The topological polar surface area (TPSA) is 41.1 Å². The summed E-state index contributed by atoms with van der Waals surface area (Å²) in [5.41, 5.74) is 3.48. The number of nitrogens with one attached hydrogen (secondary N) is 2. The van der Waals surface area contributed by atoms with E-state index >= 15 is 0 Å². The predicted molar refractivity (Wildman–Crippen MR) is 126 cm³/mol. The summed E-state index contributed by atoms with van der Waals surface area (Å²) in [6.45, 7) is 0. The van der Waals surface area contributed by atoms with Gasteiger partial charge >= 0.3 is 0 Å². The highest BCUT2D eigenvalue weighted by atomic mass is 32.2. The second-order valence-corrected chi connectivity index (χ2v) is 8.28. The second kappa shape index (κ2) is 9.07. The Morgan fingerprint density at radius 3 is 2.00 bits per heavy atom. The van der Waals surface area contributed by atoms with E-state index in [0.717, 1.165) is 22.0 Å². The van der Waals surface area contributed by atoms with Crippen LogP contribution in [0.3, 0.4) is 0 Å². The largest absolute Gasteiger partial charge is 0.350 e. The molecular formula is C24H20N2OS2. The molecule has 0 amide bonds. The summed E-state index contributed by atoms with van der Waals surface area (Å²) < 4.78 is 0. The van der Waals surface area contributed by atoms with Crippen molar-refractivity contribution in [2.75, 3.05) is 10.6 Å². The number of para-hydroxylation sites is 2. The highest BCUT2D eigenvalue weighted by Gasteiger charge is 2.31. The summed E-state index contributed by atoms with van der Waals surface area (Å²) in [5, 5.41) is 7.47. The fourth-order valence-electron chi connectivity index (χ4n) is 3.18. The van der Waals surface area contributed by atoms with Gasteiger partial charge in [-0.3, -0.25) is 4.79 Å². The van der Waals surface area contributed by atoms with Gasteiger partial charge < -0.3 is 10.6 Å². The van der Waals surface area contributed by atoms with E-state index < -0.39 is 0 Å². The first kappa shape index (κ1) is 19.4. The molecule has 0 saturated carbocycles. The van der Waals surface area contributed by atoms with Gasteiger partial charge in [0.2, 0.25) is 0 Å². The van der Waals surface area contributed by atoms with E-state index in [9.17, 15) is 4.79 Å². The van der Waals surface area contributed by atoms with Gasteiger partial charge in [-0.15, -0.1) is 0 Å². The number of thioether (sulfide) groups is 1. The Labute approximate surface area is 180 Å². The third-order valence-electron chi connectivity index (χ3n) is 4.60. The van der Waals surface area contributed by atoms with Crippen molar-refractivity contribution >= 4 is 46.1 Å². The summed E-state index contributed by atoms with van der Waals surface area (Å²) in [4.78, 5) is 13.6. The van der Waals surface area contributed by atoms with E-state index in [1.807, 2.05) is 78.9 Å². The zero-order valence-electron chi connectivity index (χ0n) is 15.7. The van der Waals surface area contributed by atoms with E-state index in [2.05, 4.69) is 22.8 Å². The number of rotatable bonds is 5. The standard InChI is InChI=1S/C24H20N2OS2/c27-20-16-21(17-10-4-1-5-11-17)29-24(26-19-14-8-3-9-15-19)22(20)23(28)25-18-12-6-2-7-13-18/h1-15,21,26H,16H2,(H,25,28). The minimum absolute atomic E-state index is 0.0458. The summed E-state index contributed by atoms with van der Waals surface area (Å²) in [7, 11) is 0. The van der Waals surface area contributed by atoms with Crippen LogP contribution in [0.25, 0.3) is 0 Å². The van der Waals surface area contributed by atoms with Crippen molar-refractivity contribution in [1.82, 2.24) is 0 Å². The maximum Gasteiger partial charge on any atom is 0.169 e. The van der Waals surface area contributed by atoms with Crippen molar-refractivity contribution in [2.45, 2.75) is 11.7 Å². The highest BCUT2D eigenvalue weighted by molar-refractivity contribution is 8.03. The molecule has 0 spiro atoms. The number of hydrogen-bond acceptors (Lipinski definition) is 4. The lowest BCUT2D eigenvalue weighted by molar-refractivity contribution is -0.115. The Hall–Kier alpha value is -2.89. The van der Waals surface area contributed by atoms with Gasteiger partial charge in [0, 0.05) is 23.0 Å². The van der Waals surface area contributed by atoms with Crippen molar-refractivity contribution in [2.24, 2.45) is 0 Å². The molecule has 0 radical (unpaired) electrons. The third kappa shape index (κ3) is 4.75. The van der Waals surface area contributed by atoms with E-state index in [-0.39, 0.29) is 11.0 Å². The smallest absolute Gasteiger partial charge is 0.169 e. The lowest BCUT2D eigenvalue weighted by atomic mass is 10.0. The SMILES string of the molecule is O=C1CC(c2ccccc2)SC(Nc2ccccc2)=C1C(=S)Nc1ccccc1. The quantitative estimate of drug-likeness (QED) is 0.485. The number of hydrogen-bond donors (Lipinski definition) is 2. The highest BCUT2D eigenvalue weighted by Crippen LogP contribution is 2.44. The molecule has 0 aromatic heterocycles. The molecule has 144 valence electrons. The molecule has 1 heterocycles. The van der Waals surface area contributed by atoms with Gasteiger partial charge in [0.25, 0.3) is 0 Å². The van der Waals surface area contributed by atoms with Crippen LogP contribution in [-0.4, -0.2) is 10.8 Å². The first-order valence-electron chi connectivity index (χ1n) is 9.38. The summed E-state index contributed by atoms with van der Waals surface area (Å²) >= 11 is 7.29. The van der Waals surface area contributed by atoms with Gasteiger partial charge in [-0.05, 0) is 29.8 Å². The Bertz CT molecular complexity index is 1030. The van der Waals surface area contributed by atoms with Crippen molar-refractivity contribution in [3.63, 3.8) is 0 Å². The zero-order valence-corrected chi connectivity index (χ0v) is 17.3. The van der Waals surface area contributed by atoms with Crippen LogP contribution in [0.2, 0.25) is 0 Å². The van der Waals surface area contributed by atoms with Crippen molar-refractivity contribution < 1.29 is 4.79 Å². The van der Waals surface area contributed by atoms with Gasteiger partial charge in [-0.2, -0.15) is 0 Å². The van der Waals surface area contributed by atoms with E-state index in [1.165, 1.54) is 0 Å². The molecule has 2 N–H and O–H groups in total. The molecule has 3 aromatic rings. The Morgan fingerprint density at radius 2 is 1.38 bits per heavy atom. The summed E-state index contributed by atoms with van der Waals surface area (Å²) in [6, 6.07) is 29.7. The molecule has 1 unspecified atom stereocenters. The monoisotopic (exact) mass is 416 g/mol. The number of benzene rings is 3. The van der Waals surface area contributed by atoms with E-state index in [0.29, 0.717) is 17.0 Å². The molecule has 1 aliphatic heterocycles. The molecule has 0 aliphatic carbocycles. The van der Waals surface area contributed by atoms with Crippen LogP contribution in [0, 0.1) is 0 Å². The molecule has 0 fully saturated rings. The normalized spacial score (nSPS) is 16.4. The molecule has 29 heavy (non-hydrogen) atoms. The summed E-state index contributed by atoms with van der Waals surface area (Å²) in [5.74, 6) is 0.0458. The van der Waals surface area contributed by atoms with Crippen LogP contribution in [0.4, 0.5) is 11.4 Å². The minimum Gasteiger partial charge on any atom is -0.350 e. The van der Waals surface area contributed by atoms with Crippen molar-refractivity contribution in [3.8, 4) is 0 Å². The molecule has 4 rings (SSSR count). The Balaban J connectivity index is 1.68. The maximum atomic E-state index is 13.2. The first-order chi connectivity index (χ1) is 14.2. The number of anilines is 2. The molecule has 0 bridgehead atoms. The van der Waals surface area contributed by atoms with Crippen molar-refractivity contribution in [1.29, 1.82) is 0 Å². The number of carbonyl (C=O) groups is 1. The van der Waals surface area contributed by atoms with E-state index in [4.69, 9.17) is 12.2 Å². The van der Waals surface area contributed by atoms with Crippen molar-refractivity contribution in [3.05, 3.63) is 107 Å². The van der Waals surface area contributed by atoms with Crippen LogP contribution in [0.5, 0.6) is 0 Å². The fourth-order valence-corrected chi connectivity index (χ4v) is 4.90. The average molecular weight is 417 g/mol. The third-order valence-corrected chi connectivity index (χ3v) is 6.17. The van der Waals surface area contributed by atoms with Gasteiger partial charge in [0.15, 0.2) is 5.78 Å². The fraction of sp³-hybridized carbons (Fsp3) is 0.0833. The van der Waals surface area contributed by atoms with E-state index in [1.54, 1.807) is 11.8 Å². The minimum atomic E-state index is 0.0458. The van der Waals surface area contributed by atoms with Gasteiger partial charge in [-0.25, -0.2) is 0 Å². The Morgan fingerprint density at radius 1 is 0.828 bits per heavy atom. The average Bonchev–Trinajstić information content (AvgIpc) is 2.75. The molecule has 0 saturated heterocycles. The first-order valence-corrected chi connectivity index (χ1v) is 10.7. The number of thiocarbonyl (C=S) groups is 1. The molecule has 3 nitrogen and oxygen atoms in total. The maximum absolute atomic E-state index is 13.2. The predicted octanol–water partition coefficient (Wildman–Crippen LogP) is 6.20. The molecule has 3 aromatic carbocycles. The molecule has 5 heteroatoms. The number of ketones is 1. The second-order valence-electron chi connectivity index (χ2n) is 6.66. The summed E-state index contributed by atoms with van der Waals surface area (Å²) in [6.07, 6.45) is 0.417. The van der Waals surface area contributed by atoms with Crippen LogP contribution in [0.1, 0.15) is 17.2 Å². The lowest BCUT2D eigenvalue weighted by Crippen LogP contribution is -2.26. The van der Waals surface area contributed by atoms with Crippen LogP contribution in [-0.2, 0) is 4.79 Å². The molecule has 1 aliphatic rings. The van der Waals surface area contributed by atoms with Crippen LogP contribution in [0.15, 0.2) is 102 Å². The number of Topliss-reactive ketones (excluding diaryl/α,β-unsaturated/α-hetero) is 1. The van der Waals surface area contributed by atoms with Gasteiger partial charge in [-0.1, -0.05) is 90.7 Å². The van der Waals surface area contributed by atoms with Gasteiger partial charge in [0.05, 0.1) is 10.6 Å². The molecular weight excluding hydrogens is 396 g/mol. The molecule has 1 atom stereocenters.